The van der Waals surface area contributed by atoms with Crippen molar-refractivity contribution in [1.82, 2.24) is 16.0 Å². The first-order chi connectivity index (χ1) is 14.5. The number of hydrogen-bond acceptors (Lipinski definition) is 4. The van der Waals surface area contributed by atoms with Crippen molar-refractivity contribution in [3.05, 3.63) is 42.0 Å². The summed E-state index contributed by atoms with van der Waals surface area (Å²) in [6.07, 6.45) is 3.24. The van der Waals surface area contributed by atoms with E-state index in [1.165, 1.54) is 13.3 Å². The zero-order chi connectivity index (χ0) is 24.2. The maximum absolute atomic E-state index is 11.7. The van der Waals surface area contributed by atoms with E-state index in [9.17, 15) is 14.4 Å². The summed E-state index contributed by atoms with van der Waals surface area (Å²) >= 11 is 0. The number of rotatable bonds is 9. The number of hydrogen-bond donors (Lipinski definition) is 4. The van der Waals surface area contributed by atoms with E-state index in [1.54, 1.807) is 0 Å². The van der Waals surface area contributed by atoms with Crippen LogP contribution in [-0.4, -0.2) is 43.4 Å². The molecule has 7 heteroatoms. The number of nitrogens with one attached hydrogen (secondary N) is 3. The maximum Gasteiger partial charge on any atom is 0.242 e. The fourth-order valence-corrected chi connectivity index (χ4v) is 1.92. The number of benzene rings is 1. The van der Waals surface area contributed by atoms with Crippen molar-refractivity contribution in [1.29, 1.82) is 0 Å². The molecule has 1 rings (SSSR count). The van der Waals surface area contributed by atoms with Crippen LogP contribution in [0.25, 0.3) is 5.57 Å². The Bertz CT molecular complexity index is 655. The van der Waals surface area contributed by atoms with Crippen molar-refractivity contribution >= 4 is 23.3 Å². The van der Waals surface area contributed by atoms with Crippen LogP contribution in [-0.2, 0) is 14.4 Å². The summed E-state index contributed by atoms with van der Waals surface area (Å²) in [4.78, 5) is 33.9. The van der Waals surface area contributed by atoms with Gasteiger partial charge < -0.3 is 21.7 Å². The molecular weight excluding hydrogens is 392 g/mol. The van der Waals surface area contributed by atoms with E-state index in [4.69, 9.17) is 5.73 Å². The molecule has 0 spiro atoms. The highest BCUT2D eigenvalue weighted by molar-refractivity contribution is 5.90. The number of amides is 3. The Morgan fingerprint density at radius 2 is 1.52 bits per heavy atom. The molecule has 0 fully saturated rings. The quantitative estimate of drug-likeness (QED) is 0.448. The van der Waals surface area contributed by atoms with E-state index in [1.807, 2.05) is 43.3 Å². The van der Waals surface area contributed by atoms with Gasteiger partial charge in [-0.1, -0.05) is 77.4 Å². The van der Waals surface area contributed by atoms with Crippen LogP contribution >= 0.6 is 0 Å². The van der Waals surface area contributed by atoms with Gasteiger partial charge in [0.25, 0.3) is 0 Å². The normalized spacial score (nSPS) is 11.3. The van der Waals surface area contributed by atoms with E-state index in [-0.39, 0.29) is 19.0 Å². The van der Waals surface area contributed by atoms with E-state index in [2.05, 4.69) is 50.6 Å². The molecule has 0 saturated carbocycles. The van der Waals surface area contributed by atoms with Gasteiger partial charge in [0, 0.05) is 6.54 Å². The lowest BCUT2D eigenvalue weighted by molar-refractivity contribution is -0.129. The fraction of sp³-hybridized carbons (Fsp3) is 0.542. The fourth-order valence-electron chi connectivity index (χ4n) is 1.92. The Balaban J connectivity index is 0. The van der Waals surface area contributed by atoms with Crippen molar-refractivity contribution in [3.63, 3.8) is 0 Å². The van der Waals surface area contributed by atoms with Crippen molar-refractivity contribution in [3.8, 4) is 0 Å². The van der Waals surface area contributed by atoms with E-state index < -0.39 is 17.9 Å². The first-order valence-corrected chi connectivity index (χ1v) is 10.8. The number of carbonyl (C=O) groups is 3. The summed E-state index contributed by atoms with van der Waals surface area (Å²) in [7, 11) is 0. The summed E-state index contributed by atoms with van der Waals surface area (Å²) in [6.45, 7) is 14.7. The number of carbonyl (C=O) groups excluding carboxylic acids is 3. The Kier molecular flexibility index (Phi) is 19.0. The van der Waals surface area contributed by atoms with Gasteiger partial charge in [-0.2, -0.15) is 0 Å². The average Bonchev–Trinajstić information content (AvgIpc) is 2.70. The van der Waals surface area contributed by atoms with Crippen LogP contribution in [0.4, 0.5) is 0 Å². The summed E-state index contributed by atoms with van der Waals surface area (Å²) in [5.41, 5.74) is 7.17. The van der Waals surface area contributed by atoms with E-state index in [0.717, 1.165) is 17.1 Å². The molecular formula is C24H42N4O3. The Hall–Kier alpha value is -2.67. The van der Waals surface area contributed by atoms with Crippen LogP contribution in [0.15, 0.2) is 36.4 Å². The topological polar surface area (TPSA) is 113 Å². The van der Waals surface area contributed by atoms with Crippen LogP contribution in [0.2, 0.25) is 0 Å². The SMILES string of the molecule is C/C(=C\CNCC(=O)N[C@@H](C)C(=O)NCC(N)=O)c1ccccc1.CC(C)C.CCC. The second-order valence-electron chi connectivity index (χ2n) is 7.80. The van der Waals surface area contributed by atoms with Crippen molar-refractivity contribution < 1.29 is 14.4 Å². The molecule has 7 nitrogen and oxygen atoms in total. The summed E-state index contributed by atoms with van der Waals surface area (Å²) in [6, 6.07) is 9.20. The average molecular weight is 435 g/mol. The highest BCUT2D eigenvalue weighted by Gasteiger charge is 2.15. The van der Waals surface area contributed by atoms with E-state index >= 15 is 0 Å². The zero-order valence-electron chi connectivity index (χ0n) is 20.2. The Labute approximate surface area is 188 Å². The molecule has 1 aromatic carbocycles. The second-order valence-corrected chi connectivity index (χ2v) is 7.80. The molecule has 176 valence electrons. The van der Waals surface area contributed by atoms with Crippen LogP contribution in [0, 0.1) is 5.92 Å². The van der Waals surface area contributed by atoms with Gasteiger partial charge in [-0.3, -0.25) is 14.4 Å². The third kappa shape index (κ3) is 20.4. The minimum absolute atomic E-state index is 0.0893. The molecule has 1 atom stereocenters. The molecule has 0 aliphatic heterocycles. The lowest BCUT2D eigenvalue weighted by atomic mass is 10.1. The van der Waals surface area contributed by atoms with Gasteiger partial charge >= 0.3 is 0 Å². The zero-order valence-corrected chi connectivity index (χ0v) is 20.2. The minimum Gasteiger partial charge on any atom is -0.368 e. The number of allylic oxidation sites excluding steroid dienone is 1. The van der Waals surface area contributed by atoms with Gasteiger partial charge in [0.1, 0.15) is 6.04 Å². The largest absolute Gasteiger partial charge is 0.368 e. The van der Waals surface area contributed by atoms with Crippen molar-refractivity contribution in [2.24, 2.45) is 11.7 Å². The first-order valence-electron chi connectivity index (χ1n) is 10.8. The molecule has 0 aliphatic carbocycles. The second kappa shape index (κ2) is 19.3. The summed E-state index contributed by atoms with van der Waals surface area (Å²) < 4.78 is 0. The molecule has 0 aliphatic rings. The van der Waals surface area contributed by atoms with Crippen LogP contribution in [0.1, 0.15) is 60.5 Å². The van der Waals surface area contributed by atoms with Gasteiger partial charge in [0.05, 0.1) is 13.1 Å². The predicted molar refractivity (Wildman–Crippen MR) is 129 cm³/mol. The third-order valence-corrected chi connectivity index (χ3v) is 3.27. The molecule has 0 heterocycles. The van der Waals surface area contributed by atoms with Crippen molar-refractivity contribution in [2.75, 3.05) is 19.6 Å². The molecule has 0 radical (unpaired) electrons. The van der Waals surface area contributed by atoms with Crippen molar-refractivity contribution in [2.45, 2.75) is 60.9 Å². The lowest BCUT2D eigenvalue weighted by Crippen LogP contribution is -2.48. The molecule has 0 saturated heterocycles. The predicted octanol–water partition coefficient (Wildman–Crippen LogP) is 2.86. The Morgan fingerprint density at radius 3 is 2.00 bits per heavy atom. The number of nitrogens with two attached hydrogens (primary N) is 1. The molecule has 5 N–H and O–H groups in total. The van der Waals surface area contributed by atoms with Gasteiger partial charge in [-0.05, 0) is 30.9 Å². The maximum atomic E-state index is 11.7. The van der Waals surface area contributed by atoms with Gasteiger partial charge in [-0.15, -0.1) is 0 Å². The van der Waals surface area contributed by atoms with Gasteiger partial charge in [0.2, 0.25) is 17.7 Å². The monoisotopic (exact) mass is 434 g/mol. The molecule has 1 aromatic rings. The van der Waals surface area contributed by atoms with Gasteiger partial charge in [0.15, 0.2) is 0 Å². The molecule has 3 amide bonds. The highest BCUT2D eigenvalue weighted by Crippen LogP contribution is 2.11. The first kappa shape index (κ1) is 30.5. The third-order valence-electron chi connectivity index (χ3n) is 3.27. The smallest absolute Gasteiger partial charge is 0.242 e. The molecule has 0 unspecified atom stereocenters. The summed E-state index contributed by atoms with van der Waals surface area (Å²) in [5, 5.41) is 7.85. The van der Waals surface area contributed by atoms with Gasteiger partial charge in [-0.25, -0.2) is 0 Å². The van der Waals surface area contributed by atoms with Crippen LogP contribution in [0.5, 0.6) is 0 Å². The Morgan fingerprint density at radius 1 is 1.00 bits per heavy atom. The van der Waals surface area contributed by atoms with E-state index in [0.29, 0.717) is 6.54 Å². The summed E-state index contributed by atoms with van der Waals surface area (Å²) in [5.74, 6) is -0.562. The number of primary amides is 1. The lowest BCUT2D eigenvalue weighted by Gasteiger charge is -2.13. The highest BCUT2D eigenvalue weighted by atomic mass is 16.2. The molecule has 0 aromatic heterocycles. The molecule has 31 heavy (non-hydrogen) atoms. The standard InChI is InChI=1S/C17H24N4O3.C4H10.C3H8/c1-12(14-6-4-3-5-7-14)8-9-19-11-16(23)21-13(2)17(24)20-10-15(18)22;1-4(2)3;1-3-2/h3-8,13,19H,9-11H2,1-2H3,(H2,18,22)(H,20,24)(H,21,23);4H,1-3H3;3H2,1-2H3/b12-8+;;/t13-;;/m0../s1. The molecule has 0 bridgehead atoms. The van der Waals surface area contributed by atoms with Crippen LogP contribution in [0.3, 0.4) is 0 Å². The van der Waals surface area contributed by atoms with Crippen LogP contribution < -0.4 is 21.7 Å². The minimum atomic E-state index is -0.736.